The van der Waals surface area contributed by atoms with Crippen LogP contribution in [0.25, 0.3) is 0 Å². The van der Waals surface area contributed by atoms with Crippen LogP contribution in [-0.2, 0) is 11.2 Å². The molecule has 0 aliphatic rings. The molecule has 1 aromatic rings. The molecule has 3 nitrogen and oxygen atoms in total. The summed E-state index contributed by atoms with van der Waals surface area (Å²) in [4.78, 5) is 10.5. The molecule has 2 N–H and O–H groups in total. The van der Waals surface area contributed by atoms with E-state index >= 15 is 0 Å². The summed E-state index contributed by atoms with van der Waals surface area (Å²) in [7, 11) is 0. The SMILES string of the molecule is Cc1cc(O)ccc1CC(Cl)C(=O)O. The molecule has 76 valence electrons. The van der Waals surface area contributed by atoms with Gasteiger partial charge >= 0.3 is 5.97 Å². The molecule has 0 aliphatic carbocycles. The topological polar surface area (TPSA) is 57.5 Å². The zero-order valence-electron chi connectivity index (χ0n) is 7.70. The van der Waals surface area contributed by atoms with Crippen molar-refractivity contribution in [3.8, 4) is 5.75 Å². The molecule has 1 rings (SSSR count). The molecule has 0 saturated heterocycles. The first kappa shape index (κ1) is 10.9. The molecular weight excluding hydrogens is 204 g/mol. The second-order valence-electron chi connectivity index (χ2n) is 3.12. The summed E-state index contributed by atoms with van der Waals surface area (Å²) in [6.07, 6.45) is 0.267. The third-order valence-electron chi connectivity index (χ3n) is 1.99. The van der Waals surface area contributed by atoms with E-state index in [1.54, 1.807) is 19.1 Å². The molecule has 0 saturated carbocycles. The third kappa shape index (κ3) is 2.64. The van der Waals surface area contributed by atoms with Crippen LogP contribution in [0.1, 0.15) is 11.1 Å². The van der Waals surface area contributed by atoms with Gasteiger partial charge in [-0.05, 0) is 36.6 Å². The standard InChI is InChI=1S/C10H11ClO3/c1-6-4-8(12)3-2-7(6)5-9(11)10(13)14/h2-4,9,12H,5H2,1H3,(H,13,14). The van der Waals surface area contributed by atoms with Crippen molar-refractivity contribution in [3.63, 3.8) is 0 Å². The van der Waals surface area contributed by atoms with Crippen LogP contribution in [0.5, 0.6) is 5.75 Å². The van der Waals surface area contributed by atoms with Crippen LogP contribution >= 0.6 is 11.6 Å². The van der Waals surface area contributed by atoms with Gasteiger partial charge in [0.2, 0.25) is 0 Å². The Balaban J connectivity index is 2.82. The van der Waals surface area contributed by atoms with Gasteiger partial charge in [-0.25, -0.2) is 0 Å². The lowest BCUT2D eigenvalue weighted by molar-refractivity contribution is -0.136. The van der Waals surface area contributed by atoms with Crippen molar-refractivity contribution in [2.75, 3.05) is 0 Å². The number of hydrogen-bond acceptors (Lipinski definition) is 2. The molecular formula is C10H11ClO3. The summed E-state index contributed by atoms with van der Waals surface area (Å²) < 4.78 is 0. The molecule has 14 heavy (non-hydrogen) atoms. The van der Waals surface area contributed by atoms with E-state index in [4.69, 9.17) is 21.8 Å². The third-order valence-corrected chi connectivity index (χ3v) is 2.33. The maximum atomic E-state index is 10.5. The van der Waals surface area contributed by atoms with E-state index in [1.165, 1.54) is 6.07 Å². The van der Waals surface area contributed by atoms with Crippen molar-refractivity contribution in [1.29, 1.82) is 0 Å². The Kier molecular flexibility index (Phi) is 3.36. The minimum absolute atomic E-state index is 0.174. The average molecular weight is 215 g/mol. The smallest absolute Gasteiger partial charge is 0.321 e. The number of carboxylic acids is 1. The van der Waals surface area contributed by atoms with Crippen LogP contribution < -0.4 is 0 Å². The normalized spacial score (nSPS) is 12.4. The van der Waals surface area contributed by atoms with Gasteiger partial charge in [-0.1, -0.05) is 6.07 Å². The second kappa shape index (κ2) is 4.33. The molecule has 1 aromatic carbocycles. The van der Waals surface area contributed by atoms with Gasteiger partial charge < -0.3 is 10.2 Å². The number of phenols is 1. The zero-order chi connectivity index (χ0) is 10.7. The van der Waals surface area contributed by atoms with Crippen LogP contribution in [0.4, 0.5) is 0 Å². The predicted octanol–water partition coefficient (Wildman–Crippen LogP) is 1.94. The fourth-order valence-corrected chi connectivity index (χ4v) is 1.36. The van der Waals surface area contributed by atoms with Gasteiger partial charge in [0.05, 0.1) is 0 Å². The Morgan fingerprint density at radius 3 is 2.71 bits per heavy atom. The molecule has 0 aliphatic heterocycles. The maximum Gasteiger partial charge on any atom is 0.321 e. The number of aliphatic carboxylic acids is 1. The van der Waals surface area contributed by atoms with Crippen molar-refractivity contribution >= 4 is 17.6 Å². The lowest BCUT2D eigenvalue weighted by atomic mass is 10.0. The van der Waals surface area contributed by atoms with Gasteiger partial charge in [0.1, 0.15) is 11.1 Å². The molecule has 1 unspecified atom stereocenters. The summed E-state index contributed by atoms with van der Waals surface area (Å²) in [5.74, 6) is -0.855. The quantitative estimate of drug-likeness (QED) is 0.756. The molecule has 0 radical (unpaired) electrons. The van der Waals surface area contributed by atoms with E-state index in [2.05, 4.69) is 0 Å². The van der Waals surface area contributed by atoms with Crippen molar-refractivity contribution < 1.29 is 15.0 Å². The van der Waals surface area contributed by atoms with E-state index in [9.17, 15) is 4.79 Å². The Morgan fingerprint density at radius 2 is 2.21 bits per heavy atom. The van der Waals surface area contributed by atoms with Crippen LogP contribution in [0.3, 0.4) is 0 Å². The number of aryl methyl sites for hydroxylation is 1. The molecule has 0 heterocycles. The van der Waals surface area contributed by atoms with Gasteiger partial charge in [0, 0.05) is 0 Å². The highest BCUT2D eigenvalue weighted by molar-refractivity contribution is 6.29. The number of alkyl halides is 1. The Morgan fingerprint density at radius 1 is 1.57 bits per heavy atom. The lowest BCUT2D eigenvalue weighted by Gasteiger charge is -2.07. The second-order valence-corrected chi connectivity index (χ2v) is 3.65. The largest absolute Gasteiger partial charge is 0.508 e. The minimum Gasteiger partial charge on any atom is -0.508 e. The number of halogens is 1. The first-order valence-electron chi connectivity index (χ1n) is 4.16. The van der Waals surface area contributed by atoms with Crippen molar-refractivity contribution in [2.24, 2.45) is 0 Å². The van der Waals surface area contributed by atoms with E-state index in [1.807, 2.05) is 0 Å². The van der Waals surface area contributed by atoms with Crippen molar-refractivity contribution in [3.05, 3.63) is 29.3 Å². The van der Waals surface area contributed by atoms with Gasteiger partial charge in [0.25, 0.3) is 0 Å². The van der Waals surface area contributed by atoms with Crippen LogP contribution in [-0.4, -0.2) is 21.6 Å². The number of rotatable bonds is 3. The summed E-state index contributed by atoms with van der Waals surface area (Å²) in [5, 5.41) is 16.8. The number of aromatic hydroxyl groups is 1. The van der Waals surface area contributed by atoms with Gasteiger partial charge in [-0.2, -0.15) is 0 Å². The molecule has 0 aromatic heterocycles. The first-order chi connectivity index (χ1) is 6.50. The molecule has 0 amide bonds. The van der Waals surface area contributed by atoms with Crippen molar-refractivity contribution in [2.45, 2.75) is 18.7 Å². The Bertz CT molecular complexity index is 349. The lowest BCUT2D eigenvalue weighted by Crippen LogP contribution is -2.16. The highest BCUT2D eigenvalue weighted by atomic mass is 35.5. The summed E-state index contributed by atoms with van der Waals surface area (Å²) in [6.45, 7) is 1.81. The number of hydrogen-bond donors (Lipinski definition) is 2. The molecule has 4 heteroatoms. The number of benzene rings is 1. The van der Waals surface area contributed by atoms with Crippen LogP contribution in [0, 0.1) is 6.92 Å². The highest BCUT2D eigenvalue weighted by Crippen LogP contribution is 2.18. The van der Waals surface area contributed by atoms with E-state index in [0.717, 1.165) is 11.1 Å². The maximum absolute atomic E-state index is 10.5. The van der Waals surface area contributed by atoms with Crippen LogP contribution in [0.2, 0.25) is 0 Å². The van der Waals surface area contributed by atoms with E-state index < -0.39 is 11.3 Å². The van der Waals surface area contributed by atoms with Gasteiger partial charge in [-0.15, -0.1) is 11.6 Å². The minimum atomic E-state index is -1.03. The summed E-state index contributed by atoms with van der Waals surface area (Å²) in [6, 6.07) is 4.79. The summed E-state index contributed by atoms with van der Waals surface area (Å²) in [5.41, 5.74) is 1.68. The summed E-state index contributed by atoms with van der Waals surface area (Å²) >= 11 is 5.60. The molecule has 1 atom stereocenters. The Hall–Kier alpha value is -1.22. The highest BCUT2D eigenvalue weighted by Gasteiger charge is 2.15. The van der Waals surface area contributed by atoms with E-state index in [0.29, 0.717) is 0 Å². The monoisotopic (exact) mass is 214 g/mol. The molecule has 0 bridgehead atoms. The van der Waals surface area contributed by atoms with Gasteiger partial charge in [-0.3, -0.25) is 4.79 Å². The van der Waals surface area contributed by atoms with Gasteiger partial charge in [0.15, 0.2) is 0 Å². The average Bonchev–Trinajstić information content (AvgIpc) is 2.09. The first-order valence-corrected chi connectivity index (χ1v) is 4.59. The number of phenolic OH excluding ortho intramolecular Hbond substituents is 1. The number of carbonyl (C=O) groups is 1. The molecule has 0 spiro atoms. The predicted molar refractivity (Wildman–Crippen MR) is 53.8 cm³/mol. The zero-order valence-corrected chi connectivity index (χ0v) is 8.45. The fourth-order valence-electron chi connectivity index (χ4n) is 1.19. The van der Waals surface area contributed by atoms with Crippen molar-refractivity contribution in [1.82, 2.24) is 0 Å². The molecule has 0 fully saturated rings. The number of carboxylic acid groups (broad SMARTS) is 1. The fraction of sp³-hybridized carbons (Fsp3) is 0.300. The Labute approximate surface area is 86.9 Å². The van der Waals surface area contributed by atoms with E-state index in [-0.39, 0.29) is 12.2 Å². The van der Waals surface area contributed by atoms with Crippen LogP contribution in [0.15, 0.2) is 18.2 Å².